The Kier molecular flexibility index (Phi) is 2.96. The van der Waals surface area contributed by atoms with Crippen LogP contribution in [0.4, 0.5) is 11.6 Å². The van der Waals surface area contributed by atoms with Crippen LogP contribution in [0, 0.1) is 0 Å². The molecule has 3 saturated heterocycles. The van der Waals surface area contributed by atoms with Gasteiger partial charge in [-0.3, -0.25) is 0 Å². The minimum atomic E-state index is 0.486. The third-order valence-electron chi connectivity index (χ3n) is 5.04. The number of nitrogens with one attached hydrogen (secondary N) is 1. The van der Waals surface area contributed by atoms with E-state index in [4.69, 9.17) is 10.7 Å². The molecular formula is C17H19N7. The third-order valence-corrected chi connectivity index (χ3v) is 5.04. The fourth-order valence-electron chi connectivity index (χ4n) is 3.78. The van der Waals surface area contributed by atoms with Gasteiger partial charge in [-0.2, -0.15) is 10.1 Å². The van der Waals surface area contributed by atoms with Crippen molar-refractivity contribution in [2.45, 2.75) is 24.9 Å². The maximum absolute atomic E-state index is 5.85. The van der Waals surface area contributed by atoms with Crippen LogP contribution < -0.4 is 16.0 Å². The molecule has 3 fully saturated rings. The highest BCUT2D eigenvalue weighted by Crippen LogP contribution is 2.26. The van der Waals surface area contributed by atoms with E-state index in [-0.39, 0.29) is 0 Å². The van der Waals surface area contributed by atoms with E-state index in [9.17, 15) is 0 Å². The molecule has 6 rings (SSSR count). The average Bonchev–Trinajstić information content (AvgIpc) is 3.06. The molecule has 7 nitrogen and oxygen atoms in total. The van der Waals surface area contributed by atoms with Crippen molar-refractivity contribution in [2.75, 3.05) is 23.7 Å². The van der Waals surface area contributed by atoms with Crippen LogP contribution in [0.1, 0.15) is 12.8 Å². The van der Waals surface area contributed by atoms with Gasteiger partial charge in [0, 0.05) is 48.5 Å². The van der Waals surface area contributed by atoms with Gasteiger partial charge < -0.3 is 16.0 Å². The number of fused-ring (bicyclic) bond motifs is 4. The fraction of sp³-hybridized carbons (Fsp3) is 0.353. The van der Waals surface area contributed by atoms with E-state index in [1.807, 2.05) is 41.3 Å². The molecule has 3 aliphatic rings. The molecule has 0 radical (unpaired) electrons. The summed E-state index contributed by atoms with van der Waals surface area (Å²) in [6.07, 6.45) is 6.08. The van der Waals surface area contributed by atoms with Gasteiger partial charge >= 0.3 is 0 Å². The highest BCUT2D eigenvalue weighted by Gasteiger charge is 2.34. The largest absolute Gasteiger partial charge is 0.399 e. The summed E-state index contributed by atoms with van der Waals surface area (Å²) in [6, 6.07) is 8.72. The summed E-state index contributed by atoms with van der Waals surface area (Å²) in [7, 11) is 0. The second-order valence-corrected chi connectivity index (χ2v) is 6.58. The summed E-state index contributed by atoms with van der Waals surface area (Å²) in [5.74, 6) is 1.58. The molecule has 1 aromatic carbocycles. The average molecular weight is 321 g/mol. The first-order chi connectivity index (χ1) is 11.8. The lowest BCUT2D eigenvalue weighted by Gasteiger charge is -2.45. The van der Waals surface area contributed by atoms with Crippen molar-refractivity contribution in [3.05, 3.63) is 36.7 Å². The van der Waals surface area contributed by atoms with Gasteiger partial charge in [0.2, 0.25) is 5.95 Å². The van der Waals surface area contributed by atoms with Gasteiger partial charge in [0.25, 0.3) is 0 Å². The van der Waals surface area contributed by atoms with E-state index in [1.54, 1.807) is 0 Å². The van der Waals surface area contributed by atoms with E-state index in [2.05, 4.69) is 20.3 Å². The molecule has 7 heteroatoms. The third kappa shape index (κ3) is 2.12. The lowest BCUT2D eigenvalue weighted by molar-refractivity contribution is 0.287. The highest BCUT2D eigenvalue weighted by molar-refractivity contribution is 5.83. The molecule has 0 aliphatic carbocycles. The zero-order chi connectivity index (χ0) is 16.1. The van der Waals surface area contributed by atoms with Gasteiger partial charge in [0.1, 0.15) is 0 Å². The lowest BCUT2D eigenvalue weighted by atomic mass is 9.93. The molecule has 0 spiro atoms. The summed E-state index contributed by atoms with van der Waals surface area (Å²) >= 11 is 0. The monoisotopic (exact) mass is 321 g/mol. The Morgan fingerprint density at radius 3 is 2.96 bits per heavy atom. The highest BCUT2D eigenvalue weighted by atomic mass is 15.4. The summed E-state index contributed by atoms with van der Waals surface area (Å²) in [4.78, 5) is 11.6. The van der Waals surface area contributed by atoms with Gasteiger partial charge in [-0.25, -0.2) is 9.67 Å². The van der Waals surface area contributed by atoms with Gasteiger partial charge in [-0.05, 0) is 31.0 Å². The van der Waals surface area contributed by atoms with Crippen molar-refractivity contribution in [1.29, 1.82) is 0 Å². The normalized spacial score (nSPS) is 23.1. The molecule has 2 atom stereocenters. The Labute approximate surface area is 139 Å². The molecule has 0 saturated carbocycles. The van der Waals surface area contributed by atoms with E-state index in [0.717, 1.165) is 41.4 Å². The summed E-state index contributed by atoms with van der Waals surface area (Å²) in [6.45, 7) is 1.99. The number of rotatable bonds is 2. The molecule has 2 bridgehead atoms. The number of anilines is 2. The number of benzene rings is 1. The molecule has 3 aromatic rings. The molecule has 3 aliphatic heterocycles. The van der Waals surface area contributed by atoms with E-state index in [1.165, 1.54) is 12.8 Å². The number of piperazine rings is 1. The second-order valence-electron chi connectivity index (χ2n) is 6.58. The van der Waals surface area contributed by atoms with Crippen LogP contribution in [0.15, 0.2) is 36.7 Å². The summed E-state index contributed by atoms with van der Waals surface area (Å²) in [5.41, 5.74) is 7.59. The standard InChI is InChI=1S/C17H19N7/c18-12-1-4-15-11(7-12)8-21-24(15)16-5-6-19-17(22-16)23-10-13-2-3-14(23)9-20-13/h1,4-8,13-14,20H,2-3,9-10,18H2. The molecule has 5 heterocycles. The van der Waals surface area contributed by atoms with Crippen LogP contribution in [0.2, 0.25) is 0 Å². The topological polar surface area (TPSA) is 84.9 Å². The zero-order valence-electron chi connectivity index (χ0n) is 13.3. The SMILES string of the molecule is Nc1ccc2c(cnn2-c2ccnc(N3CC4CCC3CN4)n2)c1. The quantitative estimate of drug-likeness (QED) is 0.693. The second kappa shape index (κ2) is 5.17. The maximum Gasteiger partial charge on any atom is 0.227 e. The van der Waals surface area contributed by atoms with Crippen LogP contribution >= 0.6 is 0 Å². The molecule has 2 unspecified atom stereocenters. The number of aromatic nitrogens is 4. The Hall–Kier alpha value is -2.67. The van der Waals surface area contributed by atoms with Crippen molar-refractivity contribution in [1.82, 2.24) is 25.1 Å². The first-order valence-corrected chi connectivity index (χ1v) is 8.35. The fourth-order valence-corrected chi connectivity index (χ4v) is 3.78. The molecule has 2 aromatic heterocycles. The Morgan fingerprint density at radius 1 is 1.21 bits per heavy atom. The minimum Gasteiger partial charge on any atom is -0.399 e. The molecule has 24 heavy (non-hydrogen) atoms. The Balaban J connectivity index is 1.55. The zero-order valence-corrected chi connectivity index (χ0v) is 13.3. The number of nitrogen functional groups attached to an aromatic ring is 1. The van der Waals surface area contributed by atoms with Crippen LogP contribution in [0.5, 0.6) is 0 Å². The number of hydrogen-bond donors (Lipinski definition) is 2. The lowest BCUT2D eigenvalue weighted by Crippen LogP contribution is -2.61. The first kappa shape index (κ1) is 13.7. The maximum atomic E-state index is 5.85. The van der Waals surface area contributed by atoms with E-state index >= 15 is 0 Å². The van der Waals surface area contributed by atoms with Crippen LogP contribution in [-0.4, -0.2) is 44.9 Å². The van der Waals surface area contributed by atoms with Crippen LogP contribution in [-0.2, 0) is 0 Å². The minimum absolute atomic E-state index is 0.486. The van der Waals surface area contributed by atoms with Crippen molar-refractivity contribution >= 4 is 22.5 Å². The molecule has 122 valence electrons. The first-order valence-electron chi connectivity index (χ1n) is 8.35. The predicted molar refractivity (Wildman–Crippen MR) is 93.2 cm³/mol. The summed E-state index contributed by atoms with van der Waals surface area (Å²) < 4.78 is 1.85. The molecule has 0 amide bonds. The van der Waals surface area contributed by atoms with Crippen molar-refractivity contribution in [3.63, 3.8) is 0 Å². The number of nitrogens with zero attached hydrogens (tertiary/aromatic N) is 5. The Bertz CT molecular complexity index is 895. The smallest absolute Gasteiger partial charge is 0.227 e. The van der Waals surface area contributed by atoms with Crippen LogP contribution in [0.25, 0.3) is 16.7 Å². The van der Waals surface area contributed by atoms with E-state index in [0.29, 0.717) is 12.1 Å². The van der Waals surface area contributed by atoms with E-state index < -0.39 is 0 Å². The van der Waals surface area contributed by atoms with Crippen molar-refractivity contribution < 1.29 is 0 Å². The number of piperidine rings is 2. The van der Waals surface area contributed by atoms with Gasteiger partial charge in [-0.15, -0.1) is 0 Å². The molecule has 3 N–H and O–H groups in total. The van der Waals surface area contributed by atoms with Gasteiger partial charge in [0.05, 0.1) is 11.7 Å². The summed E-state index contributed by atoms with van der Waals surface area (Å²) in [5, 5.41) is 9.05. The number of hydrogen-bond acceptors (Lipinski definition) is 6. The van der Waals surface area contributed by atoms with Crippen LogP contribution in [0.3, 0.4) is 0 Å². The predicted octanol–water partition coefficient (Wildman–Crippen LogP) is 1.34. The number of nitrogens with two attached hydrogens (primary N) is 1. The Morgan fingerprint density at radius 2 is 2.17 bits per heavy atom. The van der Waals surface area contributed by atoms with Crippen molar-refractivity contribution in [3.8, 4) is 5.82 Å². The van der Waals surface area contributed by atoms with Crippen molar-refractivity contribution in [2.24, 2.45) is 0 Å². The molecular weight excluding hydrogens is 302 g/mol. The van der Waals surface area contributed by atoms with Gasteiger partial charge in [-0.1, -0.05) is 0 Å². The van der Waals surface area contributed by atoms with Gasteiger partial charge in [0.15, 0.2) is 5.82 Å².